The Labute approximate surface area is 161 Å². The molecule has 1 spiro atoms. The lowest BCUT2D eigenvalue weighted by Gasteiger charge is -2.34. The van der Waals surface area contributed by atoms with E-state index in [9.17, 15) is 0 Å². The minimum Gasteiger partial charge on any atom is -0.339 e. The number of likely N-dealkylation sites (N-methyl/N-ethyl adjacent to an activating group) is 1. The fraction of sp³-hybridized carbons (Fsp3) is 0.391. The molecule has 4 heteroatoms. The van der Waals surface area contributed by atoms with Crippen molar-refractivity contribution in [3.63, 3.8) is 0 Å². The van der Waals surface area contributed by atoms with Crippen molar-refractivity contribution in [3.8, 4) is 0 Å². The molecule has 5 rings (SSSR count). The van der Waals surface area contributed by atoms with Crippen LogP contribution in [0.4, 0.5) is 0 Å². The van der Waals surface area contributed by atoms with Gasteiger partial charge in [-0.2, -0.15) is 0 Å². The van der Waals surface area contributed by atoms with E-state index in [0.29, 0.717) is 6.61 Å². The lowest BCUT2D eigenvalue weighted by Crippen LogP contribution is -2.47. The second kappa shape index (κ2) is 6.88. The van der Waals surface area contributed by atoms with Crippen LogP contribution in [0.3, 0.4) is 0 Å². The van der Waals surface area contributed by atoms with Crippen LogP contribution in [0.15, 0.2) is 48.5 Å². The highest BCUT2D eigenvalue weighted by Gasteiger charge is 2.47. The van der Waals surface area contributed by atoms with E-state index in [1.807, 2.05) is 0 Å². The standard InChI is InChI=1S/C23H26N2O2/c1-24-12-14-25(15-13-24)16-20-17-26-23(27-20)21-8-4-2-6-18(21)10-11-19-7-3-5-9-22(19)23/h2-11,20H,12-17H2,1H3. The summed E-state index contributed by atoms with van der Waals surface area (Å²) in [5.74, 6) is -0.812. The maximum atomic E-state index is 6.73. The second-order valence-corrected chi connectivity index (χ2v) is 7.78. The molecule has 27 heavy (non-hydrogen) atoms. The maximum Gasteiger partial charge on any atom is 0.224 e. The lowest BCUT2D eigenvalue weighted by molar-refractivity contribution is -0.145. The molecule has 0 amide bonds. The van der Waals surface area contributed by atoms with E-state index in [4.69, 9.17) is 9.47 Å². The third-order valence-electron chi connectivity index (χ3n) is 5.94. The molecular formula is C23H26N2O2. The minimum absolute atomic E-state index is 0.0765. The van der Waals surface area contributed by atoms with Gasteiger partial charge in [0.15, 0.2) is 0 Å². The van der Waals surface area contributed by atoms with E-state index >= 15 is 0 Å². The summed E-state index contributed by atoms with van der Waals surface area (Å²) in [5.41, 5.74) is 4.53. The molecular weight excluding hydrogens is 336 g/mol. The number of benzene rings is 2. The van der Waals surface area contributed by atoms with E-state index in [2.05, 4.69) is 77.5 Å². The molecule has 0 aromatic heterocycles. The van der Waals surface area contributed by atoms with E-state index in [0.717, 1.165) is 55.0 Å². The maximum absolute atomic E-state index is 6.73. The Balaban J connectivity index is 1.48. The van der Waals surface area contributed by atoms with Crippen molar-refractivity contribution in [2.24, 2.45) is 0 Å². The predicted octanol–water partition coefficient (Wildman–Crippen LogP) is 3.03. The molecule has 4 nitrogen and oxygen atoms in total. The van der Waals surface area contributed by atoms with Gasteiger partial charge in [-0.05, 0) is 18.2 Å². The molecule has 1 aliphatic carbocycles. The van der Waals surface area contributed by atoms with E-state index in [1.165, 1.54) is 0 Å². The Kier molecular flexibility index (Phi) is 4.37. The van der Waals surface area contributed by atoms with Gasteiger partial charge < -0.3 is 14.4 Å². The van der Waals surface area contributed by atoms with Crippen molar-refractivity contribution < 1.29 is 9.47 Å². The highest BCUT2D eigenvalue weighted by molar-refractivity contribution is 5.76. The van der Waals surface area contributed by atoms with Gasteiger partial charge in [-0.1, -0.05) is 60.7 Å². The van der Waals surface area contributed by atoms with Crippen LogP contribution in [-0.4, -0.2) is 62.3 Å². The smallest absolute Gasteiger partial charge is 0.224 e. The zero-order valence-electron chi connectivity index (χ0n) is 15.8. The first-order chi connectivity index (χ1) is 13.2. The first-order valence-electron chi connectivity index (χ1n) is 9.84. The summed E-state index contributed by atoms with van der Waals surface area (Å²) < 4.78 is 13.2. The van der Waals surface area contributed by atoms with Crippen LogP contribution in [-0.2, 0) is 15.3 Å². The molecule has 0 N–H and O–H groups in total. The molecule has 2 fully saturated rings. The Hall–Kier alpha value is -1.98. The number of hydrogen-bond donors (Lipinski definition) is 0. The third kappa shape index (κ3) is 3.03. The quantitative estimate of drug-likeness (QED) is 0.820. The van der Waals surface area contributed by atoms with Crippen LogP contribution < -0.4 is 0 Å². The van der Waals surface area contributed by atoms with Gasteiger partial charge in [-0.15, -0.1) is 0 Å². The van der Waals surface area contributed by atoms with Crippen LogP contribution >= 0.6 is 0 Å². The normalized spacial score (nSPS) is 24.6. The second-order valence-electron chi connectivity index (χ2n) is 7.78. The van der Waals surface area contributed by atoms with Crippen LogP contribution in [0.25, 0.3) is 12.2 Å². The summed E-state index contributed by atoms with van der Waals surface area (Å²) in [5, 5.41) is 0. The fourth-order valence-corrected chi connectivity index (χ4v) is 4.41. The van der Waals surface area contributed by atoms with E-state index < -0.39 is 5.79 Å². The molecule has 140 valence electrons. The van der Waals surface area contributed by atoms with Crippen molar-refractivity contribution in [1.82, 2.24) is 9.80 Å². The fourth-order valence-electron chi connectivity index (χ4n) is 4.41. The molecule has 0 bridgehead atoms. The molecule has 2 aliphatic heterocycles. The molecule has 2 aromatic carbocycles. The van der Waals surface area contributed by atoms with Gasteiger partial charge >= 0.3 is 0 Å². The summed E-state index contributed by atoms with van der Waals surface area (Å²) >= 11 is 0. The number of ether oxygens (including phenoxy) is 2. The predicted molar refractivity (Wildman–Crippen MR) is 107 cm³/mol. The number of piperazine rings is 1. The van der Waals surface area contributed by atoms with Gasteiger partial charge in [0.2, 0.25) is 5.79 Å². The van der Waals surface area contributed by atoms with E-state index in [1.54, 1.807) is 0 Å². The van der Waals surface area contributed by atoms with Crippen LogP contribution in [0.1, 0.15) is 22.3 Å². The molecule has 2 heterocycles. The van der Waals surface area contributed by atoms with Crippen molar-refractivity contribution in [2.75, 3.05) is 46.4 Å². The van der Waals surface area contributed by atoms with Gasteiger partial charge in [0.05, 0.1) is 12.7 Å². The SMILES string of the molecule is CN1CCN(CC2COC3(O2)c2ccccc2C=Cc2ccccc23)CC1. The molecule has 1 unspecified atom stereocenters. The van der Waals surface area contributed by atoms with Gasteiger partial charge in [0.1, 0.15) is 0 Å². The highest BCUT2D eigenvalue weighted by atomic mass is 16.7. The van der Waals surface area contributed by atoms with Gasteiger partial charge in [-0.25, -0.2) is 0 Å². The van der Waals surface area contributed by atoms with Crippen LogP contribution in [0.5, 0.6) is 0 Å². The topological polar surface area (TPSA) is 24.9 Å². The average molecular weight is 362 g/mol. The van der Waals surface area contributed by atoms with Crippen molar-refractivity contribution in [1.29, 1.82) is 0 Å². The minimum atomic E-state index is -0.812. The lowest BCUT2D eigenvalue weighted by atomic mass is 9.93. The van der Waals surface area contributed by atoms with E-state index in [-0.39, 0.29) is 6.10 Å². The van der Waals surface area contributed by atoms with Crippen molar-refractivity contribution in [3.05, 3.63) is 70.8 Å². The number of fused-ring (bicyclic) bond motifs is 4. The van der Waals surface area contributed by atoms with Gasteiger partial charge in [0, 0.05) is 43.9 Å². The summed E-state index contributed by atoms with van der Waals surface area (Å²) in [4.78, 5) is 4.88. The Morgan fingerprint density at radius 3 is 2.11 bits per heavy atom. The first kappa shape index (κ1) is 17.1. The molecule has 3 aliphatic rings. The average Bonchev–Trinajstić information content (AvgIpc) is 3.07. The number of hydrogen-bond acceptors (Lipinski definition) is 4. The van der Waals surface area contributed by atoms with Crippen LogP contribution in [0.2, 0.25) is 0 Å². The van der Waals surface area contributed by atoms with Crippen LogP contribution in [0, 0.1) is 0 Å². The molecule has 2 aromatic rings. The van der Waals surface area contributed by atoms with Crippen molar-refractivity contribution >= 4 is 12.2 Å². The Morgan fingerprint density at radius 1 is 0.889 bits per heavy atom. The van der Waals surface area contributed by atoms with Gasteiger partial charge in [-0.3, -0.25) is 4.90 Å². The first-order valence-corrected chi connectivity index (χ1v) is 9.84. The number of nitrogens with zero attached hydrogens (tertiary/aromatic N) is 2. The monoisotopic (exact) mass is 362 g/mol. The Morgan fingerprint density at radius 2 is 1.48 bits per heavy atom. The Bertz CT molecular complexity index is 805. The zero-order chi connectivity index (χ0) is 18.3. The van der Waals surface area contributed by atoms with Crippen molar-refractivity contribution in [2.45, 2.75) is 11.9 Å². The number of rotatable bonds is 2. The molecule has 0 saturated carbocycles. The highest BCUT2D eigenvalue weighted by Crippen LogP contribution is 2.45. The summed E-state index contributed by atoms with van der Waals surface area (Å²) in [6.07, 6.45) is 4.42. The summed E-state index contributed by atoms with van der Waals surface area (Å²) in [7, 11) is 2.19. The van der Waals surface area contributed by atoms with Gasteiger partial charge in [0.25, 0.3) is 0 Å². The summed E-state index contributed by atoms with van der Waals surface area (Å²) in [6, 6.07) is 16.8. The molecule has 0 radical (unpaired) electrons. The third-order valence-corrected chi connectivity index (χ3v) is 5.94. The zero-order valence-corrected chi connectivity index (χ0v) is 15.8. The molecule has 2 saturated heterocycles. The molecule has 1 atom stereocenters. The largest absolute Gasteiger partial charge is 0.339 e. The summed E-state index contributed by atoms with van der Waals surface area (Å²) in [6.45, 7) is 5.97.